The van der Waals surface area contributed by atoms with Gasteiger partial charge in [0, 0.05) is 0 Å². The average molecular weight is 81.1 g/mol. The molecule has 0 fully saturated rings. The third-order valence-corrected chi connectivity index (χ3v) is 0.563. The molecule has 0 saturated carbocycles. The molecule has 1 heterocycles. The Hall–Kier alpha value is -0.630. The second-order valence-corrected chi connectivity index (χ2v) is 1.06. The van der Waals surface area contributed by atoms with Gasteiger partial charge in [-0.25, -0.2) is 0 Å². The minimum Gasteiger partial charge on any atom is -0.477 e. The highest BCUT2D eigenvalue weighted by Gasteiger charge is 1.82. The summed E-state index contributed by atoms with van der Waals surface area (Å²) in [4.78, 5) is 0. The van der Waals surface area contributed by atoms with Gasteiger partial charge in [-0.05, 0) is 6.54 Å². The molecule has 0 amide bonds. The second kappa shape index (κ2) is 1.22. The maximum absolute atomic E-state index is 5.19. The molecular weight excluding hydrogens is 76.1 g/mol. The molecule has 1 aliphatic rings. The van der Waals surface area contributed by atoms with Crippen LogP contribution in [0.15, 0.2) is 11.8 Å². The van der Waals surface area contributed by atoms with Gasteiger partial charge >= 0.3 is 0 Å². The van der Waals surface area contributed by atoms with Crippen LogP contribution in [0.1, 0.15) is 0 Å². The first-order valence-corrected chi connectivity index (χ1v) is 1.70. The number of hydrogen-bond donors (Lipinski definition) is 2. The summed E-state index contributed by atoms with van der Waals surface area (Å²) in [6, 6.07) is 0. The van der Waals surface area contributed by atoms with Crippen molar-refractivity contribution in [2.75, 3.05) is 0 Å². The summed E-state index contributed by atoms with van der Waals surface area (Å²) in [5, 5.41) is 2.68. The van der Waals surface area contributed by atoms with Crippen LogP contribution in [0.4, 0.5) is 0 Å². The molecule has 0 aromatic heterocycles. The molecule has 2 heteroatoms. The lowest BCUT2D eigenvalue weighted by Crippen LogP contribution is -2.01. The first-order chi connectivity index (χ1) is 2.89. The normalized spacial score (nSPS) is 19.7. The maximum atomic E-state index is 5.19. The van der Waals surface area contributed by atoms with Crippen molar-refractivity contribution in [3.05, 3.63) is 24.9 Å². The highest BCUT2D eigenvalue weighted by molar-refractivity contribution is 5.19. The topological polar surface area (TPSA) is 38.0 Å². The molecule has 2 nitrogen and oxygen atoms in total. The van der Waals surface area contributed by atoms with Crippen LogP contribution >= 0.6 is 0 Å². The first-order valence-electron chi connectivity index (χ1n) is 1.70. The Balaban J connectivity index is 2.45. The summed E-state index contributed by atoms with van der Waals surface area (Å²) >= 11 is 0. The van der Waals surface area contributed by atoms with Crippen molar-refractivity contribution in [3.63, 3.8) is 0 Å². The van der Waals surface area contributed by atoms with Crippen LogP contribution in [0, 0.1) is 13.1 Å². The molecule has 0 saturated heterocycles. The third kappa shape index (κ3) is 0.466. The van der Waals surface area contributed by atoms with Crippen molar-refractivity contribution in [2.45, 2.75) is 0 Å². The number of nitrogens with two attached hydrogens (primary N) is 1. The molecule has 0 aliphatic carbocycles. The molecule has 2 radical (unpaired) electrons. The van der Waals surface area contributed by atoms with Crippen molar-refractivity contribution in [1.82, 2.24) is 5.32 Å². The smallest absolute Gasteiger partial charge is 0.00612 e. The van der Waals surface area contributed by atoms with Crippen LogP contribution < -0.4 is 11.1 Å². The molecule has 1 rings (SSSR count). The lowest BCUT2D eigenvalue weighted by Gasteiger charge is -1.93. The Bertz CT molecular complexity index is 75.6. The predicted octanol–water partition coefficient (Wildman–Crippen LogP) is -0.367. The van der Waals surface area contributed by atoms with Crippen molar-refractivity contribution < 1.29 is 0 Å². The summed E-state index contributed by atoms with van der Waals surface area (Å²) in [5.74, 6) is 0. The van der Waals surface area contributed by atoms with E-state index in [9.17, 15) is 0 Å². The van der Waals surface area contributed by atoms with Gasteiger partial charge < -0.3 is 11.1 Å². The summed E-state index contributed by atoms with van der Waals surface area (Å²) in [5.41, 5.74) is 5.85. The third-order valence-electron chi connectivity index (χ3n) is 0.563. The molecular formula is C4H5N2-. The summed E-state index contributed by atoms with van der Waals surface area (Å²) in [6.07, 6.45) is 1.75. The van der Waals surface area contributed by atoms with Crippen LogP contribution in [-0.4, -0.2) is 0 Å². The molecule has 0 atom stereocenters. The molecule has 0 aromatic carbocycles. The predicted molar refractivity (Wildman–Crippen MR) is 22.9 cm³/mol. The molecule has 3 N–H and O–H groups in total. The number of hydrogen-bond acceptors (Lipinski definition) is 2. The summed E-state index contributed by atoms with van der Waals surface area (Å²) in [7, 11) is 0. The highest BCUT2D eigenvalue weighted by Crippen LogP contribution is 1.95. The van der Waals surface area contributed by atoms with E-state index >= 15 is 0 Å². The van der Waals surface area contributed by atoms with Gasteiger partial charge in [0.15, 0.2) is 0 Å². The molecule has 6 heavy (non-hydrogen) atoms. The standard InChI is InChI=1S/C4H5N2/c5-4-1-2-6-3-4/h1-2,6H,5H2/q-1. The highest BCUT2D eigenvalue weighted by atomic mass is 14.9. The monoisotopic (exact) mass is 81.0 g/mol. The van der Waals surface area contributed by atoms with E-state index in [1.807, 2.05) is 0 Å². The van der Waals surface area contributed by atoms with Crippen LogP contribution in [0.3, 0.4) is 0 Å². The van der Waals surface area contributed by atoms with Crippen molar-refractivity contribution in [2.24, 2.45) is 5.73 Å². The van der Waals surface area contributed by atoms with Gasteiger partial charge in [-0.1, -0.05) is 0 Å². The molecule has 0 bridgehead atoms. The minimum absolute atomic E-state index is 0.662. The molecule has 32 valence electrons. The van der Waals surface area contributed by atoms with Crippen molar-refractivity contribution >= 4 is 0 Å². The zero-order valence-corrected chi connectivity index (χ0v) is 3.23. The summed E-state index contributed by atoms with van der Waals surface area (Å²) in [6.45, 7) is 4.38. The van der Waals surface area contributed by atoms with Crippen LogP contribution in [0.2, 0.25) is 0 Å². The summed E-state index contributed by atoms with van der Waals surface area (Å²) < 4.78 is 0. The zero-order valence-electron chi connectivity index (χ0n) is 3.23. The van der Waals surface area contributed by atoms with Gasteiger partial charge in [-0.15, -0.1) is 5.70 Å². The van der Waals surface area contributed by atoms with Crippen LogP contribution in [0.5, 0.6) is 0 Å². The van der Waals surface area contributed by atoms with Gasteiger partial charge in [0.1, 0.15) is 0 Å². The van der Waals surface area contributed by atoms with Gasteiger partial charge in [0.05, 0.1) is 0 Å². The quantitative estimate of drug-likeness (QED) is 0.390. The Morgan fingerprint density at radius 3 is 3.00 bits per heavy atom. The van der Waals surface area contributed by atoms with Crippen LogP contribution in [0.25, 0.3) is 0 Å². The van der Waals surface area contributed by atoms with Gasteiger partial charge in [-0.2, -0.15) is 12.6 Å². The van der Waals surface area contributed by atoms with Crippen LogP contribution in [-0.2, 0) is 0 Å². The van der Waals surface area contributed by atoms with Gasteiger partial charge in [-0.3, -0.25) is 0 Å². The fraction of sp³-hybridized carbons (Fsp3) is 0. The Morgan fingerprint density at radius 1 is 2.00 bits per heavy atom. The zero-order chi connectivity index (χ0) is 4.41. The van der Waals surface area contributed by atoms with E-state index in [1.54, 1.807) is 12.6 Å². The van der Waals surface area contributed by atoms with E-state index in [4.69, 9.17) is 5.73 Å². The van der Waals surface area contributed by atoms with E-state index in [2.05, 4.69) is 11.9 Å². The molecule has 0 spiro atoms. The first kappa shape index (κ1) is 3.56. The lowest BCUT2D eigenvalue weighted by molar-refractivity contribution is 1.06. The largest absolute Gasteiger partial charge is 0.477 e. The SMILES string of the molecule is NC1=C[CH-]N[C]1. The fourth-order valence-electron chi connectivity index (χ4n) is 0.298. The average Bonchev–Trinajstić information content (AvgIpc) is 1.86. The van der Waals surface area contributed by atoms with Gasteiger partial charge in [0.25, 0.3) is 0 Å². The second-order valence-electron chi connectivity index (χ2n) is 1.06. The van der Waals surface area contributed by atoms with E-state index in [0.29, 0.717) is 5.70 Å². The van der Waals surface area contributed by atoms with E-state index < -0.39 is 0 Å². The lowest BCUT2D eigenvalue weighted by atomic mass is 10.5. The number of nitrogens with one attached hydrogen (secondary N) is 1. The molecule has 0 aromatic rings. The minimum atomic E-state index is 0.662. The van der Waals surface area contributed by atoms with E-state index in [1.165, 1.54) is 0 Å². The number of rotatable bonds is 0. The Morgan fingerprint density at radius 2 is 2.83 bits per heavy atom. The Labute approximate surface area is 37.0 Å². The van der Waals surface area contributed by atoms with Crippen molar-refractivity contribution in [3.8, 4) is 0 Å². The van der Waals surface area contributed by atoms with Crippen molar-refractivity contribution in [1.29, 1.82) is 0 Å². The fourth-order valence-corrected chi connectivity index (χ4v) is 0.298. The van der Waals surface area contributed by atoms with E-state index in [0.717, 1.165) is 0 Å². The van der Waals surface area contributed by atoms with E-state index in [-0.39, 0.29) is 0 Å². The maximum Gasteiger partial charge on any atom is -0.00612 e. The van der Waals surface area contributed by atoms with Gasteiger partial charge in [0.2, 0.25) is 0 Å². The molecule has 1 aliphatic heterocycles. The molecule has 0 unspecified atom stereocenters. The Kier molecular flexibility index (Phi) is 0.725.